The fourth-order valence-electron chi connectivity index (χ4n) is 1.46. The maximum Gasteiger partial charge on any atom is 0.139 e. The van der Waals surface area contributed by atoms with Crippen molar-refractivity contribution >= 4 is 34.0 Å². The maximum atomic E-state index is 13.0. The van der Waals surface area contributed by atoms with Crippen LogP contribution in [0, 0.1) is 5.82 Å². The second kappa shape index (κ2) is 4.29. The molecule has 72 valence electrons. The van der Waals surface area contributed by atoms with Crippen molar-refractivity contribution < 1.29 is 4.39 Å². The predicted octanol–water partition coefficient (Wildman–Crippen LogP) is 3.37. The Kier molecular flexibility index (Phi) is 3.56. The molecule has 1 N–H and O–H groups in total. The molecule has 13 heavy (non-hydrogen) atoms. The van der Waals surface area contributed by atoms with Crippen molar-refractivity contribution in [1.82, 2.24) is 0 Å². The Labute approximate surface area is 91.3 Å². The molecule has 0 atom stereocenters. The zero-order valence-electron chi connectivity index (χ0n) is 6.94. The van der Waals surface area contributed by atoms with Crippen LogP contribution >= 0.6 is 28.3 Å². The van der Waals surface area contributed by atoms with E-state index >= 15 is 0 Å². The van der Waals surface area contributed by atoms with E-state index in [1.165, 1.54) is 5.56 Å². The quantitative estimate of drug-likeness (QED) is 0.759. The maximum absolute atomic E-state index is 13.0. The summed E-state index contributed by atoms with van der Waals surface area (Å²) in [6, 6.07) is 3.41. The molecule has 0 saturated carbocycles. The van der Waals surface area contributed by atoms with E-state index < -0.39 is 0 Å². The van der Waals surface area contributed by atoms with Gasteiger partial charge in [-0.1, -0.05) is 0 Å². The smallest absolute Gasteiger partial charge is 0.139 e. The van der Waals surface area contributed by atoms with Crippen molar-refractivity contribution in [2.75, 3.05) is 11.9 Å². The first-order valence-electron chi connectivity index (χ1n) is 3.99. The standard InChI is InChI=1S/C9H9BrFN.ClH/c10-7-4-6-2-1-3-12-9(6)5-8(7)11;/h4-5,12H,1-3H2;1H. The molecule has 0 unspecified atom stereocenters. The number of rotatable bonds is 0. The molecule has 1 aliphatic heterocycles. The van der Waals surface area contributed by atoms with E-state index in [-0.39, 0.29) is 18.2 Å². The highest BCUT2D eigenvalue weighted by molar-refractivity contribution is 9.10. The summed E-state index contributed by atoms with van der Waals surface area (Å²) in [6.07, 6.45) is 2.17. The van der Waals surface area contributed by atoms with Gasteiger partial charge in [0.15, 0.2) is 0 Å². The summed E-state index contributed by atoms with van der Waals surface area (Å²) in [5, 5.41) is 3.17. The van der Waals surface area contributed by atoms with Crippen LogP contribution in [0.2, 0.25) is 0 Å². The lowest BCUT2D eigenvalue weighted by atomic mass is 10.0. The van der Waals surface area contributed by atoms with Crippen LogP contribution in [0.25, 0.3) is 0 Å². The van der Waals surface area contributed by atoms with Crippen molar-refractivity contribution in [2.45, 2.75) is 12.8 Å². The molecule has 0 saturated heterocycles. The Morgan fingerprint density at radius 3 is 2.92 bits per heavy atom. The van der Waals surface area contributed by atoms with E-state index in [0.717, 1.165) is 25.1 Å². The molecule has 0 spiro atoms. The third-order valence-corrected chi connectivity index (χ3v) is 2.69. The first kappa shape index (κ1) is 10.8. The number of nitrogens with one attached hydrogen (secondary N) is 1. The van der Waals surface area contributed by atoms with Gasteiger partial charge in [0.05, 0.1) is 4.47 Å². The van der Waals surface area contributed by atoms with E-state index in [0.29, 0.717) is 4.47 Å². The van der Waals surface area contributed by atoms with Gasteiger partial charge in [-0.15, -0.1) is 12.4 Å². The number of aryl methyl sites for hydroxylation is 1. The molecule has 0 radical (unpaired) electrons. The van der Waals surface area contributed by atoms with Crippen LogP contribution in [0.15, 0.2) is 16.6 Å². The van der Waals surface area contributed by atoms with Crippen LogP contribution in [-0.4, -0.2) is 6.54 Å². The minimum atomic E-state index is -0.192. The van der Waals surface area contributed by atoms with Gasteiger partial charge in [-0.05, 0) is 46.5 Å². The first-order chi connectivity index (χ1) is 5.77. The van der Waals surface area contributed by atoms with Crippen LogP contribution in [0.1, 0.15) is 12.0 Å². The van der Waals surface area contributed by atoms with Gasteiger partial charge < -0.3 is 5.32 Å². The second-order valence-electron chi connectivity index (χ2n) is 2.95. The Morgan fingerprint density at radius 1 is 1.38 bits per heavy atom. The zero-order chi connectivity index (χ0) is 8.55. The number of benzene rings is 1. The van der Waals surface area contributed by atoms with E-state index in [1.54, 1.807) is 6.07 Å². The number of fused-ring (bicyclic) bond motifs is 1. The SMILES string of the molecule is Cl.Fc1cc2c(cc1Br)CCCN2. The Balaban J connectivity index is 0.000000845. The fourth-order valence-corrected chi connectivity index (χ4v) is 1.85. The Bertz CT molecular complexity index is 286. The summed E-state index contributed by atoms with van der Waals surface area (Å²) in [7, 11) is 0. The summed E-state index contributed by atoms with van der Waals surface area (Å²) in [4.78, 5) is 0. The van der Waals surface area contributed by atoms with Gasteiger partial charge in [0.25, 0.3) is 0 Å². The van der Waals surface area contributed by atoms with Gasteiger partial charge in [0.2, 0.25) is 0 Å². The molecule has 0 bridgehead atoms. The first-order valence-corrected chi connectivity index (χ1v) is 4.78. The molecule has 1 heterocycles. The molecular formula is C9H10BrClFN. The third-order valence-electron chi connectivity index (χ3n) is 2.08. The Hall–Kier alpha value is -0.280. The number of hydrogen-bond donors (Lipinski definition) is 1. The molecule has 1 nitrogen and oxygen atoms in total. The van der Waals surface area contributed by atoms with Crippen molar-refractivity contribution in [1.29, 1.82) is 0 Å². The van der Waals surface area contributed by atoms with Gasteiger partial charge in [0.1, 0.15) is 5.82 Å². The van der Waals surface area contributed by atoms with Crippen LogP contribution in [0.3, 0.4) is 0 Å². The highest BCUT2D eigenvalue weighted by Gasteiger charge is 2.11. The predicted molar refractivity (Wildman–Crippen MR) is 58.2 cm³/mol. The van der Waals surface area contributed by atoms with Crippen molar-refractivity contribution in [3.05, 3.63) is 28.0 Å². The highest BCUT2D eigenvalue weighted by Crippen LogP contribution is 2.27. The van der Waals surface area contributed by atoms with Gasteiger partial charge >= 0.3 is 0 Å². The summed E-state index contributed by atoms with van der Waals surface area (Å²) >= 11 is 3.17. The van der Waals surface area contributed by atoms with Gasteiger partial charge in [-0.2, -0.15) is 0 Å². The Morgan fingerprint density at radius 2 is 2.15 bits per heavy atom. The summed E-state index contributed by atoms with van der Waals surface area (Å²) in [6.45, 7) is 0.952. The summed E-state index contributed by atoms with van der Waals surface area (Å²) < 4.78 is 13.6. The zero-order valence-corrected chi connectivity index (χ0v) is 9.34. The molecule has 4 heteroatoms. The number of halogens is 3. The van der Waals surface area contributed by atoms with Crippen molar-refractivity contribution in [2.24, 2.45) is 0 Å². The summed E-state index contributed by atoms with van der Waals surface area (Å²) in [5.74, 6) is -0.192. The van der Waals surface area contributed by atoms with E-state index in [9.17, 15) is 4.39 Å². The van der Waals surface area contributed by atoms with Crippen LogP contribution in [-0.2, 0) is 6.42 Å². The molecular weight excluding hydrogens is 256 g/mol. The molecule has 1 aromatic rings. The molecule has 2 rings (SSSR count). The minimum absolute atomic E-state index is 0. The van der Waals surface area contributed by atoms with Crippen LogP contribution in [0.4, 0.5) is 10.1 Å². The third kappa shape index (κ3) is 2.15. The number of hydrogen-bond acceptors (Lipinski definition) is 1. The van der Waals surface area contributed by atoms with E-state index in [2.05, 4.69) is 21.2 Å². The fraction of sp³-hybridized carbons (Fsp3) is 0.333. The lowest BCUT2D eigenvalue weighted by Crippen LogP contribution is -2.11. The molecule has 0 fully saturated rings. The average Bonchev–Trinajstić information content (AvgIpc) is 2.07. The highest BCUT2D eigenvalue weighted by atomic mass is 79.9. The average molecular weight is 267 g/mol. The molecule has 0 aliphatic carbocycles. The van der Waals surface area contributed by atoms with Crippen molar-refractivity contribution in [3.8, 4) is 0 Å². The van der Waals surface area contributed by atoms with Gasteiger partial charge in [-0.3, -0.25) is 0 Å². The number of anilines is 1. The monoisotopic (exact) mass is 265 g/mol. The van der Waals surface area contributed by atoms with Crippen LogP contribution in [0.5, 0.6) is 0 Å². The largest absolute Gasteiger partial charge is 0.385 e. The topological polar surface area (TPSA) is 12.0 Å². The van der Waals surface area contributed by atoms with Crippen molar-refractivity contribution in [3.63, 3.8) is 0 Å². The molecule has 1 aliphatic rings. The minimum Gasteiger partial charge on any atom is -0.385 e. The normalized spacial score (nSPS) is 14.0. The van der Waals surface area contributed by atoms with E-state index in [4.69, 9.17) is 0 Å². The lowest BCUT2D eigenvalue weighted by Gasteiger charge is -2.17. The van der Waals surface area contributed by atoms with Gasteiger partial charge in [-0.25, -0.2) is 4.39 Å². The van der Waals surface area contributed by atoms with E-state index in [1.807, 2.05) is 6.07 Å². The van der Waals surface area contributed by atoms with Gasteiger partial charge in [0, 0.05) is 12.2 Å². The summed E-state index contributed by atoms with van der Waals surface area (Å²) in [5.41, 5.74) is 2.15. The molecule has 0 amide bonds. The molecule has 1 aromatic carbocycles. The second-order valence-corrected chi connectivity index (χ2v) is 3.81. The lowest BCUT2D eigenvalue weighted by molar-refractivity contribution is 0.619. The molecule has 0 aromatic heterocycles. The van der Waals surface area contributed by atoms with Crippen LogP contribution < -0.4 is 5.32 Å².